The molecule has 1 saturated heterocycles. The zero-order valence-corrected chi connectivity index (χ0v) is 21.2. The number of hydrogen-bond acceptors (Lipinski definition) is 5. The largest absolute Gasteiger partial charge is 0.490 e. The van der Waals surface area contributed by atoms with Crippen LogP contribution in [-0.2, 0) is 17.6 Å². The molecule has 0 spiro atoms. The highest BCUT2D eigenvalue weighted by Gasteiger charge is 2.36. The van der Waals surface area contributed by atoms with E-state index in [1.54, 1.807) is 36.4 Å². The lowest BCUT2D eigenvalue weighted by Crippen LogP contribution is -2.27. The lowest BCUT2D eigenvalue weighted by Gasteiger charge is -2.16. The summed E-state index contributed by atoms with van der Waals surface area (Å²) in [4.78, 5) is 14.4. The molecule has 1 aliphatic heterocycles. The third-order valence-corrected chi connectivity index (χ3v) is 6.65. The third-order valence-electron chi connectivity index (χ3n) is 5.10. The maximum absolute atomic E-state index is 13.1. The van der Waals surface area contributed by atoms with E-state index in [0.717, 1.165) is 34.4 Å². The Labute approximate surface area is 220 Å². The summed E-state index contributed by atoms with van der Waals surface area (Å²) in [5, 5.41) is 0.636. The quantitative estimate of drug-likeness (QED) is 0.223. The minimum absolute atomic E-state index is 0.0664. The summed E-state index contributed by atoms with van der Waals surface area (Å²) in [5.41, 5.74) is 0.802. The summed E-state index contributed by atoms with van der Waals surface area (Å²) < 4.78 is 51.2. The molecule has 0 radical (unpaired) electrons. The van der Waals surface area contributed by atoms with E-state index in [9.17, 15) is 18.0 Å². The number of carbonyl (C=O) groups is 1. The molecule has 1 aliphatic rings. The molecular weight excluding hydrogens is 531 g/mol. The third kappa shape index (κ3) is 6.03. The second kappa shape index (κ2) is 10.9. The zero-order chi connectivity index (χ0) is 25.9. The van der Waals surface area contributed by atoms with Gasteiger partial charge in [-0.3, -0.25) is 9.69 Å². The highest BCUT2D eigenvalue weighted by molar-refractivity contribution is 8.27. The fourth-order valence-corrected chi connectivity index (χ4v) is 4.83. The van der Waals surface area contributed by atoms with Crippen LogP contribution in [0.15, 0.2) is 71.6 Å². The Bertz CT molecular complexity index is 1330. The number of benzene rings is 3. The summed E-state index contributed by atoms with van der Waals surface area (Å²) in [6.45, 7) is 2.56. The molecule has 4 nitrogen and oxygen atoms in total. The number of amides is 1. The van der Waals surface area contributed by atoms with Crippen molar-refractivity contribution in [2.24, 2.45) is 0 Å². The molecule has 0 N–H and O–H groups in total. The Morgan fingerprint density at radius 2 is 1.78 bits per heavy atom. The summed E-state index contributed by atoms with van der Waals surface area (Å²) >= 11 is 12.2. The SMILES string of the molecule is CCOc1cc(/C=C2\SC(=S)N(c3cccc(C(F)(F)F)c3)C2=O)ccc1OCc1ccc(Cl)cc1. The normalized spacial score (nSPS) is 15.0. The molecule has 0 unspecified atom stereocenters. The van der Waals surface area contributed by atoms with E-state index in [2.05, 4.69) is 0 Å². The summed E-state index contributed by atoms with van der Waals surface area (Å²) in [7, 11) is 0. The molecule has 4 rings (SSSR count). The minimum Gasteiger partial charge on any atom is -0.490 e. The molecule has 36 heavy (non-hydrogen) atoms. The van der Waals surface area contributed by atoms with Crippen LogP contribution in [0.25, 0.3) is 6.08 Å². The maximum atomic E-state index is 13.1. The first-order valence-corrected chi connectivity index (χ1v) is 12.4. The van der Waals surface area contributed by atoms with Crippen molar-refractivity contribution < 1.29 is 27.4 Å². The van der Waals surface area contributed by atoms with E-state index >= 15 is 0 Å². The van der Waals surface area contributed by atoms with Gasteiger partial charge in [0.1, 0.15) is 6.61 Å². The molecule has 1 heterocycles. The molecule has 10 heteroatoms. The second-order valence-electron chi connectivity index (χ2n) is 7.62. The van der Waals surface area contributed by atoms with Gasteiger partial charge in [0.2, 0.25) is 0 Å². The van der Waals surface area contributed by atoms with E-state index in [1.165, 1.54) is 12.1 Å². The van der Waals surface area contributed by atoms with Gasteiger partial charge in [-0.05, 0) is 66.6 Å². The van der Waals surface area contributed by atoms with E-state index in [1.807, 2.05) is 19.1 Å². The van der Waals surface area contributed by atoms with E-state index in [4.69, 9.17) is 33.3 Å². The number of nitrogens with zero attached hydrogens (tertiary/aromatic N) is 1. The summed E-state index contributed by atoms with van der Waals surface area (Å²) in [6.07, 6.45) is -2.91. The van der Waals surface area contributed by atoms with Crippen molar-refractivity contribution in [1.29, 1.82) is 0 Å². The van der Waals surface area contributed by atoms with Gasteiger partial charge in [-0.15, -0.1) is 0 Å². The van der Waals surface area contributed by atoms with Gasteiger partial charge >= 0.3 is 6.18 Å². The topological polar surface area (TPSA) is 38.8 Å². The van der Waals surface area contributed by atoms with E-state index in [-0.39, 0.29) is 14.9 Å². The molecule has 3 aromatic carbocycles. The first-order valence-electron chi connectivity index (χ1n) is 10.7. The highest BCUT2D eigenvalue weighted by Crippen LogP contribution is 2.39. The molecule has 1 amide bonds. The summed E-state index contributed by atoms with van der Waals surface area (Å²) in [6, 6.07) is 17.0. The van der Waals surface area contributed by atoms with Crippen molar-refractivity contribution in [3.05, 3.63) is 93.3 Å². The number of carbonyl (C=O) groups excluding carboxylic acids is 1. The standard InChI is InChI=1S/C26H19ClF3NO3S2/c1-2-33-22-12-17(8-11-21(22)34-15-16-6-9-19(27)10-7-16)13-23-24(32)31(25(35)36-23)20-5-3-4-18(14-20)26(28,29)30/h3-14H,2,15H2,1H3/b23-13-. The fraction of sp³-hybridized carbons (Fsp3) is 0.154. The predicted molar refractivity (Wildman–Crippen MR) is 140 cm³/mol. The first kappa shape index (κ1) is 26.1. The van der Waals surface area contributed by atoms with Crippen LogP contribution in [0.3, 0.4) is 0 Å². The van der Waals surface area contributed by atoms with Crippen molar-refractivity contribution in [1.82, 2.24) is 0 Å². The lowest BCUT2D eigenvalue weighted by atomic mass is 10.1. The molecule has 0 atom stereocenters. The molecule has 0 saturated carbocycles. The van der Waals surface area contributed by atoms with E-state index < -0.39 is 17.6 Å². The maximum Gasteiger partial charge on any atom is 0.416 e. The second-order valence-corrected chi connectivity index (χ2v) is 9.73. The van der Waals surface area contributed by atoms with Crippen molar-refractivity contribution in [2.45, 2.75) is 19.7 Å². The van der Waals surface area contributed by atoms with Crippen LogP contribution in [0.5, 0.6) is 11.5 Å². The Morgan fingerprint density at radius 1 is 1.03 bits per heavy atom. The van der Waals surface area contributed by atoms with Gasteiger partial charge in [0, 0.05) is 5.02 Å². The van der Waals surface area contributed by atoms with Gasteiger partial charge in [-0.1, -0.05) is 59.8 Å². The van der Waals surface area contributed by atoms with Crippen LogP contribution in [-0.4, -0.2) is 16.8 Å². The Hall–Kier alpha value is -3.01. The monoisotopic (exact) mass is 549 g/mol. The number of alkyl halides is 3. The average molecular weight is 550 g/mol. The van der Waals surface area contributed by atoms with Crippen molar-refractivity contribution >= 4 is 57.6 Å². The number of rotatable bonds is 7. The van der Waals surface area contributed by atoms with Crippen LogP contribution in [0.2, 0.25) is 5.02 Å². The lowest BCUT2D eigenvalue weighted by molar-refractivity contribution is -0.137. The molecule has 3 aromatic rings. The number of hydrogen-bond donors (Lipinski definition) is 0. The van der Waals surface area contributed by atoms with Gasteiger partial charge in [-0.2, -0.15) is 13.2 Å². The number of thiocarbonyl (C=S) groups is 1. The Balaban J connectivity index is 1.55. The van der Waals surface area contributed by atoms with Gasteiger partial charge in [0.15, 0.2) is 15.8 Å². The number of anilines is 1. The number of ether oxygens (including phenoxy) is 2. The van der Waals surface area contributed by atoms with Crippen LogP contribution in [0, 0.1) is 0 Å². The highest BCUT2D eigenvalue weighted by atomic mass is 35.5. The van der Waals surface area contributed by atoms with Gasteiger partial charge in [0.05, 0.1) is 22.8 Å². The Kier molecular flexibility index (Phi) is 7.92. The van der Waals surface area contributed by atoms with Crippen molar-refractivity contribution in [3.63, 3.8) is 0 Å². The molecule has 0 aromatic heterocycles. The van der Waals surface area contributed by atoms with Crippen LogP contribution in [0.4, 0.5) is 18.9 Å². The van der Waals surface area contributed by atoms with E-state index in [0.29, 0.717) is 35.3 Å². The van der Waals surface area contributed by atoms with Crippen LogP contribution >= 0.6 is 35.6 Å². The minimum atomic E-state index is -4.53. The zero-order valence-electron chi connectivity index (χ0n) is 18.8. The van der Waals surface area contributed by atoms with Crippen molar-refractivity contribution in [2.75, 3.05) is 11.5 Å². The number of halogens is 4. The smallest absolute Gasteiger partial charge is 0.416 e. The molecule has 186 valence electrons. The van der Waals surface area contributed by atoms with Crippen molar-refractivity contribution in [3.8, 4) is 11.5 Å². The van der Waals surface area contributed by atoms with Crippen LogP contribution in [0.1, 0.15) is 23.6 Å². The molecular formula is C26H19ClF3NO3S2. The number of thioether (sulfide) groups is 1. The van der Waals surface area contributed by atoms with Crippen LogP contribution < -0.4 is 14.4 Å². The molecule has 1 fully saturated rings. The van der Waals surface area contributed by atoms with Gasteiger partial charge in [-0.25, -0.2) is 0 Å². The fourth-order valence-electron chi connectivity index (χ4n) is 3.41. The Morgan fingerprint density at radius 3 is 2.47 bits per heavy atom. The summed E-state index contributed by atoms with van der Waals surface area (Å²) in [5.74, 6) is 0.527. The van der Waals surface area contributed by atoms with Gasteiger partial charge < -0.3 is 9.47 Å². The average Bonchev–Trinajstić information content (AvgIpc) is 3.12. The molecule has 0 bridgehead atoms. The van der Waals surface area contributed by atoms with Gasteiger partial charge in [0.25, 0.3) is 5.91 Å². The predicted octanol–water partition coefficient (Wildman–Crippen LogP) is 7.74. The first-order chi connectivity index (χ1) is 17.2. The molecule has 0 aliphatic carbocycles.